The molecule has 0 radical (unpaired) electrons. The Kier molecular flexibility index (Phi) is 6.28. The fraction of sp³-hybridized carbons (Fsp3) is 0.500. The molecule has 1 fully saturated rings. The molecule has 2 rings (SSSR count). The van der Waals surface area contributed by atoms with Gasteiger partial charge in [-0.05, 0) is 12.5 Å². The summed E-state index contributed by atoms with van der Waals surface area (Å²) in [7, 11) is 1.58. The van der Waals surface area contributed by atoms with Crippen molar-refractivity contribution in [1.29, 1.82) is 0 Å². The Bertz CT molecular complexity index is 400. The highest BCUT2D eigenvalue weighted by molar-refractivity contribution is 5.85. The molecule has 1 amide bonds. The predicted octanol–water partition coefficient (Wildman–Crippen LogP) is 1.62. The van der Waals surface area contributed by atoms with Crippen molar-refractivity contribution in [2.24, 2.45) is 0 Å². The summed E-state index contributed by atoms with van der Waals surface area (Å²) in [6.45, 7) is 4.42. The zero-order chi connectivity index (χ0) is 13.0. The molecule has 1 aromatic rings. The molecule has 1 heterocycles. The molecule has 1 unspecified atom stereocenters. The molecule has 0 aliphatic carbocycles. The van der Waals surface area contributed by atoms with Gasteiger partial charge in [0.2, 0.25) is 0 Å². The molecule has 1 aliphatic heterocycles. The lowest BCUT2D eigenvalue weighted by atomic mass is 10.1. The molecule has 1 N–H and O–H groups in total. The van der Waals surface area contributed by atoms with Gasteiger partial charge in [-0.3, -0.25) is 4.79 Å². The van der Waals surface area contributed by atoms with E-state index in [1.807, 2.05) is 35.2 Å². The highest BCUT2D eigenvalue weighted by Crippen LogP contribution is 2.19. The molecule has 1 aliphatic rings. The van der Waals surface area contributed by atoms with E-state index in [-0.39, 0.29) is 18.3 Å². The number of benzene rings is 1. The van der Waals surface area contributed by atoms with Crippen molar-refractivity contribution in [2.75, 3.05) is 26.7 Å². The summed E-state index contributed by atoms with van der Waals surface area (Å²) in [4.78, 5) is 14.3. The van der Waals surface area contributed by atoms with Crippen LogP contribution < -0.4 is 5.32 Å². The summed E-state index contributed by atoms with van der Waals surface area (Å²) in [5, 5.41) is 3.33. The van der Waals surface area contributed by atoms with Gasteiger partial charge in [0, 0.05) is 32.8 Å². The maximum Gasteiger partial charge on any atom is 0.256 e. The van der Waals surface area contributed by atoms with E-state index in [9.17, 15) is 4.79 Å². The van der Waals surface area contributed by atoms with Crippen LogP contribution in [0.2, 0.25) is 0 Å². The van der Waals surface area contributed by atoms with E-state index in [1.165, 1.54) is 0 Å². The van der Waals surface area contributed by atoms with E-state index < -0.39 is 6.10 Å². The Labute approximate surface area is 120 Å². The Morgan fingerprint density at radius 3 is 2.68 bits per heavy atom. The second kappa shape index (κ2) is 7.48. The highest BCUT2D eigenvalue weighted by atomic mass is 35.5. The summed E-state index contributed by atoms with van der Waals surface area (Å²) in [6, 6.07) is 9.99. The van der Waals surface area contributed by atoms with Crippen LogP contribution in [0.15, 0.2) is 30.3 Å². The monoisotopic (exact) mass is 284 g/mol. The SMILES string of the molecule is COC(C(=O)N1CCN[C@@H](C)C1)c1ccccc1.Cl. The summed E-state index contributed by atoms with van der Waals surface area (Å²) >= 11 is 0. The second-order valence-corrected chi connectivity index (χ2v) is 4.67. The van der Waals surface area contributed by atoms with Crippen molar-refractivity contribution in [3.8, 4) is 0 Å². The summed E-state index contributed by atoms with van der Waals surface area (Å²) < 4.78 is 5.38. The third kappa shape index (κ3) is 3.93. The van der Waals surface area contributed by atoms with E-state index in [0.717, 1.165) is 25.2 Å². The van der Waals surface area contributed by atoms with Crippen LogP contribution in [-0.2, 0) is 9.53 Å². The number of ether oxygens (including phenoxy) is 1. The van der Waals surface area contributed by atoms with Gasteiger partial charge in [-0.15, -0.1) is 12.4 Å². The van der Waals surface area contributed by atoms with Gasteiger partial charge < -0.3 is 15.0 Å². The smallest absolute Gasteiger partial charge is 0.256 e. The number of hydrogen-bond acceptors (Lipinski definition) is 3. The van der Waals surface area contributed by atoms with Crippen LogP contribution in [0.4, 0.5) is 0 Å². The van der Waals surface area contributed by atoms with Gasteiger partial charge in [-0.25, -0.2) is 0 Å². The van der Waals surface area contributed by atoms with E-state index in [0.29, 0.717) is 6.04 Å². The zero-order valence-corrected chi connectivity index (χ0v) is 12.2. The first-order valence-corrected chi connectivity index (χ1v) is 6.32. The first kappa shape index (κ1) is 16.0. The third-order valence-electron chi connectivity index (χ3n) is 3.24. The van der Waals surface area contributed by atoms with Crippen molar-refractivity contribution in [3.05, 3.63) is 35.9 Å². The van der Waals surface area contributed by atoms with Crippen LogP contribution in [0.3, 0.4) is 0 Å². The van der Waals surface area contributed by atoms with Gasteiger partial charge in [0.05, 0.1) is 0 Å². The number of rotatable bonds is 3. The van der Waals surface area contributed by atoms with Crippen molar-refractivity contribution in [1.82, 2.24) is 10.2 Å². The van der Waals surface area contributed by atoms with Gasteiger partial charge in [0.25, 0.3) is 5.91 Å². The topological polar surface area (TPSA) is 41.6 Å². The number of halogens is 1. The van der Waals surface area contributed by atoms with Crippen LogP contribution in [0.25, 0.3) is 0 Å². The van der Waals surface area contributed by atoms with Gasteiger partial charge >= 0.3 is 0 Å². The first-order chi connectivity index (χ1) is 8.72. The number of amides is 1. The van der Waals surface area contributed by atoms with Crippen LogP contribution >= 0.6 is 12.4 Å². The van der Waals surface area contributed by atoms with Gasteiger partial charge in [0.1, 0.15) is 0 Å². The normalized spacial score (nSPS) is 20.5. The van der Waals surface area contributed by atoms with E-state index in [2.05, 4.69) is 12.2 Å². The van der Waals surface area contributed by atoms with Gasteiger partial charge in [-0.1, -0.05) is 30.3 Å². The average molecular weight is 285 g/mol. The number of piperazine rings is 1. The third-order valence-corrected chi connectivity index (χ3v) is 3.24. The number of methoxy groups -OCH3 is 1. The second-order valence-electron chi connectivity index (χ2n) is 4.67. The molecule has 1 saturated heterocycles. The molecule has 0 saturated carbocycles. The summed E-state index contributed by atoms with van der Waals surface area (Å²) in [6.07, 6.45) is -0.489. The maximum atomic E-state index is 12.4. The minimum atomic E-state index is -0.489. The van der Waals surface area contributed by atoms with Crippen LogP contribution in [0.1, 0.15) is 18.6 Å². The number of nitrogens with zero attached hydrogens (tertiary/aromatic N) is 1. The molecule has 4 nitrogen and oxygen atoms in total. The Hall–Kier alpha value is -1.10. The Morgan fingerprint density at radius 1 is 1.42 bits per heavy atom. The van der Waals surface area contributed by atoms with Gasteiger partial charge in [0.15, 0.2) is 6.10 Å². The molecule has 19 heavy (non-hydrogen) atoms. The maximum absolute atomic E-state index is 12.4. The van der Waals surface area contributed by atoms with E-state index in [4.69, 9.17) is 4.74 Å². The molecule has 5 heteroatoms. The van der Waals surface area contributed by atoms with Gasteiger partial charge in [-0.2, -0.15) is 0 Å². The quantitative estimate of drug-likeness (QED) is 0.917. The highest BCUT2D eigenvalue weighted by Gasteiger charge is 2.28. The minimum Gasteiger partial charge on any atom is -0.367 e. The lowest BCUT2D eigenvalue weighted by Crippen LogP contribution is -2.52. The van der Waals surface area contributed by atoms with Crippen LogP contribution in [0, 0.1) is 0 Å². The van der Waals surface area contributed by atoms with E-state index in [1.54, 1.807) is 7.11 Å². The predicted molar refractivity (Wildman–Crippen MR) is 77.5 cm³/mol. The summed E-state index contributed by atoms with van der Waals surface area (Å²) in [5.74, 6) is 0.0528. The molecule has 106 valence electrons. The summed E-state index contributed by atoms with van der Waals surface area (Å²) in [5.41, 5.74) is 0.913. The molecule has 0 aromatic heterocycles. The van der Waals surface area contributed by atoms with Crippen molar-refractivity contribution >= 4 is 18.3 Å². The number of hydrogen-bond donors (Lipinski definition) is 1. The van der Waals surface area contributed by atoms with E-state index >= 15 is 0 Å². The molecule has 0 spiro atoms. The first-order valence-electron chi connectivity index (χ1n) is 6.32. The Morgan fingerprint density at radius 2 is 2.11 bits per heavy atom. The molecular formula is C14H21ClN2O2. The Balaban J connectivity index is 0.00000180. The van der Waals surface area contributed by atoms with Crippen molar-refractivity contribution in [3.63, 3.8) is 0 Å². The average Bonchev–Trinajstić information content (AvgIpc) is 2.41. The molecule has 1 aromatic carbocycles. The molecule has 2 atom stereocenters. The van der Waals surface area contributed by atoms with Crippen molar-refractivity contribution < 1.29 is 9.53 Å². The van der Waals surface area contributed by atoms with Crippen molar-refractivity contribution in [2.45, 2.75) is 19.1 Å². The largest absolute Gasteiger partial charge is 0.367 e. The number of nitrogens with one attached hydrogen (secondary N) is 1. The lowest BCUT2D eigenvalue weighted by Gasteiger charge is -2.34. The standard InChI is InChI=1S/C14H20N2O2.ClH/c1-11-10-16(9-8-15-11)14(17)13(18-2)12-6-4-3-5-7-12;/h3-7,11,13,15H,8-10H2,1-2H3;1H/t11-,13?;/m0./s1. The van der Waals surface area contributed by atoms with Crippen LogP contribution in [-0.4, -0.2) is 43.6 Å². The van der Waals surface area contributed by atoms with Crippen LogP contribution in [0.5, 0.6) is 0 Å². The fourth-order valence-electron chi connectivity index (χ4n) is 2.31. The number of carbonyl (C=O) groups excluding carboxylic acids is 1. The molecular weight excluding hydrogens is 264 g/mol. The zero-order valence-electron chi connectivity index (χ0n) is 11.3. The fourth-order valence-corrected chi connectivity index (χ4v) is 2.31. The number of carbonyl (C=O) groups is 1. The minimum absolute atomic E-state index is 0. The molecule has 0 bridgehead atoms. The lowest BCUT2D eigenvalue weighted by molar-refractivity contribution is -0.143.